The summed E-state index contributed by atoms with van der Waals surface area (Å²) < 4.78 is 0. The molecule has 2 atom stereocenters. The molecule has 0 fully saturated rings. The van der Waals surface area contributed by atoms with Crippen LogP contribution in [-0.4, -0.2) is 32.3 Å². The molecule has 0 aliphatic heterocycles. The second kappa shape index (κ2) is 5.08. The van der Waals surface area contributed by atoms with Crippen LogP contribution in [0, 0.1) is 6.92 Å². The van der Waals surface area contributed by atoms with Gasteiger partial charge in [-0.25, -0.2) is 0 Å². The van der Waals surface area contributed by atoms with Gasteiger partial charge >= 0.3 is 0 Å². The molecule has 2 rings (SSSR count). The molecule has 4 nitrogen and oxygen atoms in total. The van der Waals surface area contributed by atoms with Crippen molar-refractivity contribution in [2.45, 2.75) is 25.6 Å². The maximum atomic E-state index is 9.96. The number of aliphatic hydroxyl groups is 2. The average molecular weight is 252 g/mol. The molecule has 0 bridgehead atoms. The highest BCUT2D eigenvalue weighted by Crippen LogP contribution is 2.24. The maximum absolute atomic E-state index is 9.96. The summed E-state index contributed by atoms with van der Waals surface area (Å²) in [4.78, 5) is 0. The van der Waals surface area contributed by atoms with Crippen molar-refractivity contribution in [3.63, 3.8) is 0 Å². The van der Waals surface area contributed by atoms with Crippen LogP contribution in [0.2, 0.25) is 0 Å². The summed E-state index contributed by atoms with van der Waals surface area (Å²) in [5, 5.41) is 27.7. The Morgan fingerprint density at radius 1 is 1.41 bits per heavy atom. The summed E-state index contributed by atoms with van der Waals surface area (Å²) in [5.74, 6) is 0.544. The number of hydrogen-bond donors (Lipinski definition) is 4. The number of nitrogens with one attached hydrogen (secondary N) is 1. The third-order valence-corrected chi connectivity index (χ3v) is 3.16. The average Bonchev–Trinajstić information content (AvgIpc) is 2.70. The molecule has 0 spiro atoms. The van der Waals surface area contributed by atoms with Crippen molar-refractivity contribution in [1.29, 1.82) is 0 Å². The van der Waals surface area contributed by atoms with Gasteiger partial charge in [-0.1, -0.05) is 12.1 Å². The Labute approximate surface area is 105 Å². The molecule has 3 N–H and O–H groups in total. The quantitative estimate of drug-likeness (QED) is 0.625. The van der Waals surface area contributed by atoms with E-state index in [1.807, 2.05) is 19.1 Å². The monoisotopic (exact) mass is 252 g/mol. The fourth-order valence-corrected chi connectivity index (χ4v) is 2.12. The highest BCUT2D eigenvalue weighted by Gasteiger charge is 2.18. The molecule has 0 aliphatic carbocycles. The second-order valence-electron chi connectivity index (χ2n) is 4.15. The number of nitrogens with zero attached hydrogens (tertiary/aromatic N) is 1. The van der Waals surface area contributed by atoms with Gasteiger partial charge in [0.15, 0.2) is 0 Å². The Morgan fingerprint density at radius 3 is 2.88 bits per heavy atom. The maximum Gasteiger partial charge on any atom is 0.105 e. The smallest absolute Gasteiger partial charge is 0.105 e. The first-order chi connectivity index (χ1) is 8.13. The molecular weight excluding hydrogens is 236 g/mol. The zero-order chi connectivity index (χ0) is 12.4. The van der Waals surface area contributed by atoms with E-state index < -0.39 is 12.2 Å². The van der Waals surface area contributed by atoms with Crippen LogP contribution in [0.4, 0.5) is 0 Å². The largest absolute Gasteiger partial charge is 0.390 e. The Hall–Kier alpha value is -1.04. The van der Waals surface area contributed by atoms with Crippen LogP contribution in [0.3, 0.4) is 0 Å². The van der Waals surface area contributed by atoms with Gasteiger partial charge in [0.1, 0.15) is 6.10 Å². The third-order valence-electron chi connectivity index (χ3n) is 2.90. The van der Waals surface area contributed by atoms with E-state index in [9.17, 15) is 10.2 Å². The zero-order valence-corrected chi connectivity index (χ0v) is 10.5. The lowest BCUT2D eigenvalue weighted by molar-refractivity contribution is 0.0173. The molecule has 1 aromatic carbocycles. The van der Waals surface area contributed by atoms with Gasteiger partial charge in [-0.15, -0.1) is 0 Å². The van der Waals surface area contributed by atoms with Gasteiger partial charge in [0.2, 0.25) is 0 Å². The van der Waals surface area contributed by atoms with Crippen molar-refractivity contribution in [1.82, 2.24) is 10.2 Å². The number of aliphatic hydroxyl groups excluding tert-OH is 2. The van der Waals surface area contributed by atoms with Crippen LogP contribution in [0.15, 0.2) is 18.2 Å². The van der Waals surface area contributed by atoms with E-state index in [1.165, 1.54) is 0 Å². The lowest BCUT2D eigenvalue weighted by atomic mass is 10.0. The molecular formula is C12H16N2O2S. The van der Waals surface area contributed by atoms with Gasteiger partial charge in [-0.2, -0.15) is 17.7 Å². The van der Waals surface area contributed by atoms with Crippen molar-refractivity contribution in [3.05, 3.63) is 29.5 Å². The first-order valence-electron chi connectivity index (χ1n) is 5.55. The van der Waals surface area contributed by atoms with Crippen LogP contribution in [-0.2, 0) is 0 Å². The summed E-state index contributed by atoms with van der Waals surface area (Å²) in [6.45, 7) is 1.95. The summed E-state index contributed by atoms with van der Waals surface area (Å²) in [7, 11) is 0. The van der Waals surface area contributed by atoms with E-state index in [2.05, 4.69) is 22.8 Å². The van der Waals surface area contributed by atoms with Crippen LogP contribution >= 0.6 is 12.6 Å². The van der Waals surface area contributed by atoms with Crippen molar-refractivity contribution < 1.29 is 10.2 Å². The van der Waals surface area contributed by atoms with Gasteiger partial charge in [-0.05, 0) is 30.7 Å². The predicted octanol–water partition coefficient (Wildman–Crippen LogP) is 1.59. The number of aromatic amines is 1. The van der Waals surface area contributed by atoms with Crippen molar-refractivity contribution in [2.24, 2.45) is 0 Å². The van der Waals surface area contributed by atoms with Crippen molar-refractivity contribution in [2.75, 3.05) is 5.75 Å². The van der Waals surface area contributed by atoms with Crippen LogP contribution in [0.1, 0.15) is 23.8 Å². The molecule has 92 valence electrons. The summed E-state index contributed by atoms with van der Waals surface area (Å²) in [6.07, 6.45) is -1.21. The molecule has 2 aromatic rings. The van der Waals surface area contributed by atoms with Gasteiger partial charge in [0.25, 0.3) is 0 Å². The van der Waals surface area contributed by atoms with Gasteiger partial charge < -0.3 is 10.2 Å². The number of hydrogen-bond acceptors (Lipinski definition) is 4. The van der Waals surface area contributed by atoms with Crippen LogP contribution in [0.5, 0.6) is 0 Å². The first-order valence-corrected chi connectivity index (χ1v) is 6.18. The lowest BCUT2D eigenvalue weighted by Crippen LogP contribution is -2.18. The minimum atomic E-state index is -0.886. The molecule has 0 radical (unpaired) electrons. The van der Waals surface area contributed by atoms with Crippen molar-refractivity contribution in [3.8, 4) is 0 Å². The number of fused-ring (bicyclic) bond motifs is 1. The number of aromatic nitrogens is 2. The molecule has 0 amide bonds. The summed E-state index contributed by atoms with van der Waals surface area (Å²) >= 11 is 4.04. The van der Waals surface area contributed by atoms with E-state index in [-0.39, 0.29) is 0 Å². The highest BCUT2D eigenvalue weighted by molar-refractivity contribution is 7.80. The van der Waals surface area contributed by atoms with Crippen LogP contribution in [0.25, 0.3) is 10.9 Å². The molecule has 2 unspecified atom stereocenters. The molecule has 1 heterocycles. The van der Waals surface area contributed by atoms with Crippen LogP contribution < -0.4 is 0 Å². The highest BCUT2D eigenvalue weighted by atomic mass is 32.1. The lowest BCUT2D eigenvalue weighted by Gasteiger charge is -2.17. The Balaban J connectivity index is 2.29. The van der Waals surface area contributed by atoms with E-state index >= 15 is 0 Å². The zero-order valence-electron chi connectivity index (χ0n) is 9.59. The second-order valence-corrected chi connectivity index (χ2v) is 4.60. The number of benzene rings is 1. The number of rotatable bonds is 4. The van der Waals surface area contributed by atoms with E-state index in [0.29, 0.717) is 17.7 Å². The summed E-state index contributed by atoms with van der Waals surface area (Å²) in [5.41, 5.74) is 2.48. The van der Waals surface area contributed by atoms with Crippen molar-refractivity contribution >= 4 is 23.5 Å². The molecule has 0 saturated heterocycles. The van der Waals surface area contributed by atoms with E-state index in [1.54, 1.807) is 6.07 Å². The Morgan fingerprint density at radius 2 is 2.18 bits per heavy atom. The fourth-order valence-electron chi connectivity index (χ4n) is 1.86. The predicted molar refractivity (Wildman–Crippen MR) is 70.3 cm³/mol. The minimum absolute atomic E-state index is 0.460. The molecule has 1 aromatic heterocycles. The fraction of sp³-hybridized carbons (Fsp3) is 0.417. The molecule has 0 aliphatic rings. The number of thiol groups is 1. The number of aryl methyl sites for hydroxylation is 1. The standard InChI is InChI=1S/C12H16N2O2S/c1-7-9-3-2-8(6-10(9)14-13-7)12(16)11(15)4-5-17/h2-3,6,11-12,15-17H,4-5H2,1H3,(H,13,14). The van der Waals surface area contributed by atoms with Gasteiger partial charge in [0.05, 0.1) is 11.6 Å². The Bertz CT molecular complexity index is 512. The topological polar surface area (TPSA) is 69.1 Å². The van der Waals surface area contributed by atoms with Gasteiger partial charge in [-0.3, -0.25) is 5.10 Å². The minimum Gasteiger partial charge on any atom is -0.390 e. The first kappa shape index (κ1) is 12.4. The summed E-state index contributed by atoms with van der Waals surface area (Å²) in [6, 6.07) is 5.52. The van der Waals surface area contributed by atoms with Gasteiger partial charge in [0, 0.05) is 11.1 Å². The third kappa shape index (κ3) is 2.46. The van der Waals surface area contributed by atoms with E-state index in [4.69, 9.17) is 0 Å². The SMILES string of the molecule is Cc1[nH]nc2cc(C(O)C(O)CCS)ccc12. The molecule has 0 saturated carbocycles. The molecule has 17 heavy (non-hydrogen) atoms. The Kier molecular flexibility index (Phi) is 3.71. The molecule has 5 heteroatoms. The normalized spacial score (nSPS) is 15.1. The van der Waals surface area contributed by atoms with E-state index in [0.717, 1.165) is 16.6 Å². The number of H-pyrrole nitrogens is 1.